The number of piperidine rings is 1. The van der Waals surface area contributed by atoms with Crippen molar-refractivity contribution in [2.45, 2.75) is 43.5 Å². The summed E-state index contributed by atoms with van der Waals surface area (Å²) < 4.78 is 60.8. The van der Waals surface area contributed by atoms with Gasteiger partial charge in [0.2, 0.25) is 5.95 Å². The molecule has 0 unspecified atom stereocenters. The lowest BCUT2D eigenvalue weighted by atomic mass is 10.1. The van der Waals surface area contributed by atoms with E-state index in [0.29, 0.717) is 29.6 Å². The molecule has 13 heteroatoms. The zero-order valence-electron chi connectivity index (χ0n) is 23.8. The molecule has 0 aliphatic carbocycles. The zero-order chi connectivity index (χ0) is 29.9. The molecular formula is C29H33FN6O5S. The molecule has 2 aromatic heterocycles. The molecule has 0 spiro atoms. The van der Waals surface area contributed by atoms with E-state index in [4.69, 9.17) is 14.2 Å². The van der Waals surface area contributed by atoms with E-state index in [1.165, 1.54) is 14.2 Å². The predicted molar refractivity (Wildman–Crippen MR) is 155 cm³/mol. The highest BCUT2D eigenvalue weighted by Crippen LogP contribution is 2.37. The molecule has 0 bridgehead atoms. The Bertz CT molecular complexity index is 1590. The predicted octanol–water partition coefficient (Wildman–Crippen LogP) is 3.87. The van der Waals surface area contributed by atoms with Crippen LogP contribution in [0.5, 0.6) is 11.5 Å². The summed E-state index contributed by atoms with van der Waals surface area (Å²) in [5.41, 5.74) is 1.23. The number of hydrogen-bond acceptors (Lipinski definition) is 10. The average Bonchev–Trinajstić information content (AvgIpc) is 3.39. The van der Waals surface area contributed by atoms with Crippen LogP contribution in [0.1, 0.15) is 26.1 Å². The lowest BCUT2D eigenvalue weighted by molar-refractivity contribution is 0.00143. The van der Waals surface area contributed by atoms with Gasteiger partial charge in [-0.15, -0.1) is 10.2 Å². The third kappa shape index (κ3) is 6.21. The Morgan fingerprint density at radius 3 is 2.24 bits per heavy atom. The number of anilines is 1. The van der Waals surface area contributed by atoms with Crippen molar-refractivity contribution < 1.29 is 27.0 Å². The molecule has 0 radical (unpaired) electrons. The van der Waals surface area contributed by atoms with E-state index in [-0.39, 0.29) is 30.8 Å². The number of hydrogen-bond donors (Lipinski definition) is 0. The van der Waals surface area contributed by atoms with Crippen molar-refractivity contribution in [3.63, 3.8) is 0 Å². The second-order valence-electron chi connectivity index (χ2n) is 10.2. The number of sulfone groups is 1. The topological polar surface area (TPSA) is 122 Å². The molecule has 11 nitrogen and oxygen atoms in total. The van der Waals surface area contributed by atoms with Crippen LogP contribution >= 0.6 is 0 Å². The van der Waals surface area contributed by atoms with E-state index in [2.05, 4.69) is 20.2 Å². The normalized spacial score (nSPS) is 17.4. The quantitative estimate of drug-likeness (QED) is 0.267. The minimum absolute atomic E-state index is 0.115. The highest BCUT2D eigenvalue weighted by molar-refractivity contribution is 7.91. The maximum atomic E-state index is 14.1. The standard InChI is InChI=1S/C29H33FN6O5S/c1-19(2)41-22-13-23(17-35(16-22)29-31-14-21(30)15-32-29)42(37,38)18-26-33-34-28(20-9-6-5-7-10-20)36(26)27-24(39-3)11-8-12-25(27)40-4/h5-12,14-15,19,22-23H,13,16-18H2,1-4H3/t22-,23+/m1/s1. The van der Waals surface area contributed by atoms with Gasteiger partial charge in [0.05, 0.1) is 44.1 Å². The minimum atomic E-state index is -3.85. The van der Waals surface area contributed by atoms with Gasteiger partial charge < -0.3 is 19.1 Å². The fraction of sp³-hybridized carbons (Fsp3) is 0.379. The largest absolute Gasteiger partial charge is 0.494 e. The summed E-state index contributed by atoms with van der Waals surface area (Å²) in [5.74, 6) is 0.825. The molecular weight excluding hydrogens is 563 g/mol. The van der Waals surface area contributed by atoms with Crippen LogP contribution in [-0.4, -0.2) is 77.9 Å². The summed E-state index contributed by atoms with van der Waals surface area (Å²) in [6.07, 6.45) is 1.87. The molecule has 42 heavy (non-hydrogen) atoms. The van der Waals surface area contributed by atoms with E-state index in [1.54, 1.807) is 27.7 Å². The minimum Gasteiger partial charge on any atom is -0.494 e. The number of nitrogens with zero attached hydrogens (tertiary/aromatic N) is 6. The van der Waals surface area contributed by atoms with Crippen molar-refractivity contribution in [2.24, 2.45) is 0 Å². The third-order valence-corrected chi connectivity index (χ3v) is 8.97. The Balaban J connectivity index is 1.56. The van der Waals surface area contributed by atoms with Crippen molar-refractivity contribution in [1.82, 2.24) is 24.7 Å². The molecule has 2 aromatic carbocycles. The highest BCUT2D eigenvalue weighted by atomic mass is 32.2. The van der Waals surface area contributed by atoms with Gasteiger partial charge in [0.1, 0.15) is 22.9 Å². The van der Waals surface area contributed by atoms with E-state index in [1.807, 2.05) is 44.2 Å². The van der Waals surface area contributed by atoms with Crippen LogP contribution in [0, 0.1) is 5.82 Å². The lowest BCUT2D eigenvalue weighted by Crippen LogP contribution is -2.51. The van der Waals surface area contributed by atoms with Crippen molar-refractivity contribution in [2.75, 3.05) is 32.2 Å². The van der Waals surface area contributed by atoms with Crippen LogP contribution in [0.3, 0.4) is 0 Å². The summed E-state index contributed by atoms with van der Waals surface area (Å²) >= 11 is 0. The number of benzene rings is 2. The average molecular weight is 597 g/mol. The molecule has 0 saturated carbocycles. The maximum absolute atomic E-state index is 14.1. The summed E-state index contributed by atoms with van der Waals surface area (Å²) in [6, 6.07) is 14.7. The molecule has 2 atom stereocenters. The van der Waals surface area contributed by atoms with Crippen LogP contribution in [0.25, 0.3) is 17.1 Å². The third-order valence-electron chi connectivity index (χ3n) is 6.95. The van der Waals surface area contributed by atoms with Gasteiger partial charge >= 0.3 is 0 Å². The van der Waals surface area contributed by atoms with Gasteiger partial charge in [-0.1, -0.05) is 36.4 Å². The van der Waals surface area contributed by atoms with E-state index in [0.717, 1.165) is 18.0 Å². The first-order valence-electron chi connectivity index (χ1n) is 13.5. The fourth-order valence-corrected chi connectivity index (χ4v) is 6.85. The number of methoxy groups -OCH3 is 2. The van der Waals surface area contributed by atoms with Gasteiger partial charge in [-0.05, 0) is 32.4 Å². The van der Waals surface area contributed by atoms with Gasteiger partial charge in [-0.25, -0.2) is 22.8 Å². The van der Waals surface area contributed by atoms with Gasteiger partial charge in [0, 0.05) is 18.7 Å². The molecule has 3 heterocycles. The van der Waals surface area contributed by atoms with Crippen LogP contribution < -0.4 is 14.4 Å². The number of aromatic nitrogens is 5. The number of halogens is 1. The van der Waals surface area contributed by atoms with Crippen molar-refractivity contribution in [3.8, 4) is 28.6 Å². The van der Waals surface area contributed by atoms with Crippen LogP contribution in [0.15, 0.2) is 60.9 Å². The molecule has 222 valence electrons. The first-order valence-corrected chi connectivity index (χ1v) is 15.2. The van der Waals surface area contributed by atoms with E-state index in [9.17, 15) is 12.8 Å². The van der Waals surface area contributed by atoms with Gasteiger partial charge in [0.25, 0.3) is 0 Å². The summed E-state index contributed by atoms with van der Waals surface area (Å²) in [6.45, 7) is 4.28. The van der Waals surface area contributed by atoms with Crippen LogP contribution in [0.2, 0.25) is 0 Å². The van der Waals surface area contributed by atoms with Crippen LogP contribution in [0.4, 0.5) is 10.3 Å². The Hall–Kier alpha value is -4.10. The monoisotopic (exact) mass is 596 g/mol. The molecule has 1 fully saturated rings. The maximum Gasteiger partial charge on any atom is 0.225 e. The lowest BCUT2D eigenvalue weighted by Gasteiger charge is -2.38. The first-order chi connectivity index (χ1) is 20.2. The Morgan fingerprint density at radius 2 is 1.62 bits per heavy atom. The van der Waals surface area contributed by atoms with Crippen molar-refractivity contribution in [3.05, 3.63) is 72.6 Å². The summed E-state index contributed by atoms with van der Waals surface area (Å²) in [7, 11) is -0.785. The Morgan fingerprint density at radius 1 is 0.952 bits per heavy atom. The number of ether oxygens (including phenoxy) is 3. The van der Waals surface area contributed by atoms with Crippen LogP contribution in [-0.2, 0) is 20.3 Å². The fourth-order valence-electron chi connectivity index (χ4n) is 5.15. The molecule has 0 amide bonds. The summed E-state index contributed by atoms with van der Waals surface area (Å²) in [4.78, 5) is 9.88. The molecule has 1 aliphatic heterocycles. The van der Waals surface area contributed by atoms with E-state index >= 15 is 0 Å². The first kappa shape index (κ1) is 29.4. The Kier molecular flexibility index (Phi) is 8.69. The van der Waals surface area contributed by atoms with Gasteiger partial charge in [-0.2, -0.15) is 0 Å². The molecule has 0 N–H and O–H groups in total. The molecule has 5 rings (SSSR count). The van der Waals surface area contributed by atoms with E-state index < -0.39 is 32.8 Å². The van der Waals surface area contributed by atoms with Gasteiger partial charge in [0.15, 0.2) is 27.3 Å². The molecule has 1 saturated heterocycles. The van der Waals surface area contributed by atoms with Crippen molar-refractivity contribution >= 4 is 15.8 Å². The SMILES string of the molecule is COc1cccc(OC)c1-n1c(CS(=O)(=O)[C@H]2C[C@@H](OC(C)C)CN(c3ncc(F)cn3)C2)nnc1-c1ccccc1. The second-order valence-corrected chi connectivity index (χ2v) is 12.5. The zero-order valence-corrected chi connectivity index (χ0v) is 24.7. The van der Waals surface area contributed by atoms with Gasteiger partial charge in [-0.3, -0.25) is 4.57 Å². The van der Waals surface area contributed by atoms with Crippen molar-refractivity contribution in [1.29, 1.82) is 0 Å². The second kappa shape index (κ2) is 12.4. The smallest absolute Gasteiger partial charge is 0.225 e. The number of para-hydroxylation sites is 1. The Labute approximate surface area is 244 Å². The molecule has 1 aliphatic rings. The summed E-state index contributed by atoms with van der Waals surface area (Å²) in [5, 5.41) is 7.94. The number of rotatable bonds is 10. The highest BCUT2D eigenvalue weighted by Gasteiger charge is 2.38. The molecule has 4 aromatic rings.